The molecule has 0 fully saturated rings. The van der Waals surface area contributed by atoms with Gasteiger partial charge < -0.3 is 0 Å². The molecule has 3 heteroatoms. The standard InChI is InChI=1S/C11H13N3/c1-2-6-11(13-14-12)9-10-7-4-3-5-8-10/h2-5,7-8,11H,1,6,9H2/t11-/m0/s1. The minimum Gasteiger partial charge on any atom is -0.103 e. The molecular weight excluding hydrogens is 174 g/mol. The van der Waals surface area contributed by atoms with Crippen LogP contribution in [-0.4, -0.2) is 6.04 Å². The van der Waals surface area contributed by atoms with Gasteiger partial charge >= 0.3 is 0 Å². The maximum absolute atomic E-state index is 8.37. The fraction of sp³-hybridized carbons (Fsp3) is 0.273. The van der Waals surface area contributed by atoms with E-state index in [2.05, 4.69) is 16.6 Å². The van der Waals surface area contributed by atoms with Crippen molar-refractivity contribution < 1.29 is 0 Å². The van der Waals surface area contributed by atoms with Crippen LogP contribution in [0, 0.1) is 0 Å². The molecule has 14 heavy (non-hydrogen) atoms. The highest BCUT2D eigenvalue weighted by Gasteiger charge is 2.04. The largest absolute Gasteiger partial charge is 0.103 e. The Balaban J connectivity index is 2.64. The third kappa shape index (κ3) is 3.33. The van der Waals surface area contributed by atoms with E-state index in [0.29, 0.717) is 0 Å². The molecule has 3 nitrogen and oxygen atoms in total. The first kappa shape index (κ1) is 10.4. The van der Waals surface area contributed by atoms with Gasteiger partial charge in [-0.3, -0.25) is 0 Å². The predicted octanol–water partition coefficient (Wildman–Crippen LogP) is 3.48. The number of hydrogen-bond acceptors (Lipinski definition) is 1. The Bertz CT molecular complexity index is 326. The number of nitrogens with zero attached hydrogens (tertiary/aromatic N) is 3. The summed E-state index contributed by atoms with van der Waals surface area (Å²) in [7, 11) is 0. The molecule has 0 bridgehead atoms. The molecule has 0 aliphatic carbocycles. The average molecular weight is 187 g/mol. The van der Waals surface area contributed by atoms with Crippen molar-refractivity contribution in [3.05, 3.63) is 59.0 Å². The SMILES string of the molecule is C=CC[C@@H](Cc1ccccc1)N=[N+]=[N-]. The van der Waals surface area contributed by atoms with E-state index in [1.807, 2.05) is 30.3 Å². The van der Waals surface area contributed by atoms with Crippen LogP contribution in [0.5, 0.6) is 0 Å². The van der Waals surface area contributed by atoms with E-state index in [1.165, 1.54) is 5.56 Å². The van der Waals surface area contributed by atoms with Crippen LogP contribution in [-0.2, 0) is 6.42 Å². The quantitative estimate of drug-likeness (QED) is 0.293. The molecule has 0 saturated carbocycles. The summed E-state index contributed by atoms with van der Waals surface area (Å²) < 4.78 is 0. The third-order valence-corrected chi connectivity index (χ3v) is 1.97. The highest BCUT2D eigenvalue weighted by atomic mass is 15.1. The summed E-state index contributed by atoms with van der Waals surface area (Å²) >= 11 is 0. The molecule has 0 radical (unpaired) electrons. The van der Waals surface area contributed by atoms with Crippen LogP contribution in [0.25, 0.3) is 10.4 Å². The van der Waals surface area contributed by atoms with E-state index in [-0.39, 0.29) is 6.04 Å². The van der Waals surface area contributed by atoms with Crippen molar-refractivity contribution in [1.29, 1.82) is 0 Å². The van der Waals surface area contributed by atoms with Crippen molar-refractivity contribution in [2.75, 3.05) is 0 Å². The maximum atomic E-state index is 8.37. The lowest BCUT2D eigenvalue weighted by Crippen LogP contribution is -2.05. The monoisotopic (exact) mass is 187 g/mol. The first-order valence-electron chi connectivity index (χ1n) is 4.56. The zero-order valence-electron chi connectivity index (χ0n) is 8.00. The molecule has 0 saturated heterocycles. The van der Waals surface area contributed by atoms with Crippen LogP contribution >= 0.6 is 0 Å². The van der Waals surface area contributed by atoms with Gasteiger partial charge in [0.1, 0.15) is 0 Å². The molecule has 0 aromatic heterocycles. The third-order valence-electron chi connectivity index (χ3n) is 1.97. The Morgan fingerprint density at radius 3 is 2.71 bits per heavy atom. The Labute approximate surface area is 83.7 Å². The number of benzene rings is 1. The highest BCUT2D eigenvalue weighted by Crippen LogP contribution is 2.09. The van der Waals surface area contributed by atoms with Gasteiger partial charge in [0.05, 0.1) is 0 Å². The molecule has 0 spiro atoms. The number of rotatable bonds is 5. The summed E-state index contributed by atoms with van der Waals surface area (Å²) in [5.74, 6) is 0. The van der Waals surface area contributed by atoms with Gasteiger partial charge in [-0.2, -0.15) is 0 Å². The van der Waals surface area contributed by atoms with E-state index < -0.39 is 0 Å². The molecule has 1 rings (SSSR count). The van der Waals surface area contributed by atoms with Gasteiger partial charge in [0.15, 0.2) is 0 Å². The molecule has 0 aliphatic rings. The van der Waals surface area contributed by atoms with E-state index in [0.717, 1.165) is 12.8 Å². The molecule has 1 aromatic carbocycles. The zero-order valence-corrected chi connectivity index (χ0v) is 8.00. The Hall–Kier alpha value is -1.73. The van der Waals surface area contributed by atoms with E-state index >= 15 is 0 Å². The van der Waals surface area contributed by atoms with Crippen LogP contribution in [0.1, 0.15) is 12.0 Å². The molecule has 0 unspecified atom stereocenters. The summed E-state index contributed by atoms with van der Waals surface area (Å²) in [6, 6.07) is 9.98. The smallest absolute Gasteiger partial charge is 0.0448 e. The summed E-state index contributed by atoms with van der Waals surface area (Å²) in [5, 5.41) is 3.72. The van der Waals surface area contributed by atoms with Gasteiger partial charge in [0.25, 0.3) is 0 Å². The molecular formula is C11H13N3. The van der Waals surface area contributed by atoms with Crippen LogP contribution in [0.4, 0.5) is 0 Å². The summed E-state index contributed by atoms with van der Waals surface area (Å²) in [5.41, 5.74) is 9.55. The van der Waals surface area contributed by atoms with Gasteiger partial charge in [-0.15, -0.1) is 6.58 Å². The van der Waals surface area contributed by atoms with Gasteiger partial charge in [0, 0.05) is 11.0 Å². The molecule has 0 heterocycles. The lowest BCUT2D eigenvalue weighted by atomic mass is 10.0. The van der Waals surface area contributed by atoms with Crippen molar-refractivity contribution in [3.63, 3.8) is 0 Å². The van der Waals surface area contributed by atoms with E-state index in [1.54, 1.807) is 6.08 Å². The van der Waals surface area contributed by atoms with Crippen molar-refractivity contribution in [3.8, 4) is 0 Å². The second-order valence-electron chi connectivity index (χ2n) is 3.07. The van der Waals surface area contributed by atoms with Gasteiger partial charge in [0.2, 0.25) is 0 Å². The van der Waals surface area contributed by atoms with Gasteiger partial charge in [-0.05, 0) is 23.9 Å². The number of hydrogen-bond donors (Lipinski definition) is 0. The lowest BCUT2D eigenvalue weighted by molar-refractivity contribution is 0.674. The average Bonchev–Trinajstić information content (AvgIpc) is 2.20. The molecule has 0 aliphatic heterocycles. The summed E-state index contributed by atoms with van der Waals surface area (Å²) in [6.07, 6.45) is 3.28. The molecule has 72 valence electrons. The second kappa shape index (κ2) is 5.84. The fourth-order valence-corrected chi connectivity index (χ4v) is 1.32. The fourth-order valence-electron chi connectivity index (χ4n) is 1.32. The Morgan fingerprint density at radius 1 is 1.43 bits per heavy atom. The Morgan fingerprint density at radius 2 is 2.14 bits per heavy atom. The Kier molecular flexibility index (Phi) is 4.32. The van der Waals surface area contributed by atoms with Crippen molar-refractivity contribution in [1.82, 2.24) is 0 Å². The first-order valence-corrected chi connectivity index (χ1v) is 4.56. The van der Waals surface area contributed by atoms with Crippen LogP contribution in [0.2, 0.25) is 0 Å². The minimum atomic E-state index is -0.0140. The van der Waals surface area contributed by atoms with Crippen LogP contribution < -0.4 is 0 Å². The van der Waals surface area contributed by atoms with Crippen molar-refractivity contribution in [2.24, 2.45) is 5.11 Å². The molecule has 0 amide bonds. The van der Waals surface area contributed by atoms with Crippen molar-refractivity contribution >= 4 is 0 Å². The highest BCUT2D eigenvalue weighted by molar-refractivity contribution is 5.16. The minimum absolute atomic E-state index is 0.0140. The van der Waals surface area contributed by atoms with Crippen molar-refractivity contribution in [2.45, 2.75) is 18.9 Å². The topological polar surface area (TPSA) is 48.8 Å². The first-order chi connectivity index (χ1) is 6.86. The van der Waals surface area contributed by atoms with Crippen LogP contribution in [0.15, 0.2) is 48.1 Å². The summed E-state index contributed by atoms with van der Waals surface area (Å²) in [6.45, 7) is 3.64. The predicted molar refractivity (Wildman–Crippen MR) is 57.9 cm³/mol. The number of azide groups is 1. The normalized spacial score (nSPS) is 11.4. The van der Waals surface area contributed by atoms with Gasteiger partial charge in [-0.25, -0.2) is 0 Å². The summed E-state index contributed by atoms with van der Waals surface area (Å²) in [4.78, 5) is 2.83. The molecule has 1 aromatic rings. The van der Waals surface area contributed by atoms with Gasteiger partial charge in [-0.1, -0.05) is 41.5 Å². The maximum Gasteiger partial charge on any atom is 0.0448 e. The molecule has 0 N–H and O–H groups in total. The molecule has 1 atom stereocenters. The second-order valence-corrected chi connectivity index (χ2v) is 3.07. The van der Waals surface area contributed by atoms with E-state index in [9.17, 15) is 0 Å². The lowest BCUT2D eigenvalue weighted by Gasteiger charge is -2.07. The van der Waals surface area contributed by atoms with E-state index in [4.69, 9.17) is 5.53 Å². The van der Waals surface area contributed by atoms with Crippen LogP contribution in [0.3, 0.4) is 0 Å². The zero-order chi connectivity index (χ0) is 10.2.